The van der Waals surface area contributed by atoms with E-state index in [0.717, 1.165) is 5.01 Å². The summed E-state index contributed by atoms with van der Waals surface area (Å²) in [6, 6.07) is 0. The van der Waals surface area contributed by atoms with Crippen LogP contribution in [0.5, 0.6) is 0 Å². The zero-order chi connectivity index (χ0) is 11.6. The molecule has 0 bridgehead atoms. The Kier molecular flexibility index (Phi) is 3.41. The van der Waals surface area contributed by atoms with E-state index in [1.807, 2.05) is 0 Å². The van der Waals surface area contributed by atoms with E-state index in [0.29, 0.717) is 10.7 Å². The van der Waals surface area contributed by atoms with Gasteiger partial charge in [0.1, 0.15) is 5.00 Å². The Hall–Kier alpha value is -1.43. The van der Waals surface area contributed by atoms with Crippen molar-refractivity contribution in [2.45, 2.75) is 13.8 Å². The molecule has 5 nitrogen and oxygen atoms in total. The summed E-state index contributed by atoms with van der Waals surface area (Å²) in [6.45, 7) is 3.20. The summed E-state index contributed by atoms with van der Waals surface area (Å²) in [5, 5.41) is 3.87. The van der Waals surface area contributed by atoms with Crippen molar-refractivity contribution in [1.82, 2.24) is 9.88 Å². The van der Waals surface area contributed by atoms with Gasteiger partial charge in [-0.2, -0.15) is 0 Å². The van der Waals surface area contributed by atoms with E-state index in [9.17, 15) is 9.59 Å². The van der Waals surface area contributed by atoms with Gasteiger partial charge >= 0.3 is 0 Å². The number of hydrogen-bond donors (Lipinski definition) is 1. The van der Waals surface area contributed by atoms with Crippen LogP contribution in [-0.2, 0) is 4.79 Å². The van der Waals surface area contributed by atoms with Crippen LogP contribution in [0.4, 0.5) is 5.00 Å². The molecule has 0 saturated carbocycles. The molecular weight excluding hydrogens is 214 g/mol. The SMILES string of the molecule is CC(=O)Nc1sc(C)nc1C(=O)N(C)C. The van der Waals surface area contributed by atoms with E-state index in [2.05, 4.69) is 10.3 Å². The van der Waals surface area contributed by atoms with E-state index in [4.69, 9.17) is 0 Å². The van der Waals surface area contributed by atoms with Gasteiger partial charge in [-0.3, -0.25) is 9.59 Å². The summed E-state index contributed by atoms with van der Waals surface area (Å²) in [5.74, 6) is -0.408. The average molecular weight is 227 g/mol. The first-order chi connectivity index (χ1) is 6.91. The topological polar surface area (TPSA) is 62.3 Å². The van der Waals surface area contributed by atoms with Gasteiger partial charge in [0.15, 0.2) is 5.69 Å². The Morgan fingerprint density at radius 3 is 2.47 bits per heavy atom. The lowest BCUT2D eigenvalue weighted by Crippen LogP contribution is -2.23. The summed E-state index contributed by atoms with van der Waals surface area (Å²) in [7, 11) is 3.29. The molecule has 0 aliphatic carbocycles. The number of nitrogens with one attached hydrogen (secondary N) is 1. The van der Waals surface area contributed by atoms with Crippen molar-refractivity contribution in [2.24, 2.45) is 0 Å². The fourth-order valence-electron chi connectivity index (χ4n) is 1.03. The van der Waals surface area contributed by atoms with Crippen LogP contribution in [0.15, 0.2) is 0 Å². The number of hydrogen-bond acceptors (Lipinski definition) is 4. The fraction of sp³-hybridized carbons (Fsp3) is 0.444. The second-order valence-corrected chi connectivity index (χ2v) is 4.49. The van der Waals surface area contributed by atoms with Gasteiger partial charge in [0.2, 0.25) is 5.91 Å². The quantitative estimate of drug-likeness (QED) is 0.823. The highest BCUT2D eigenvalue weighted by Gasteiger charge is 2.18. The lowest BCUT2D eigenvalue weighted by molar-refractivity contribution is -0.114. The van der Waals surface area contributed by atoms with Gasteiger partial charge in [-0.05, 0) is 6.92 Å². The second kappa shape index (κ2) is 4.39. The summed E-state index contributed by atoms with van der Waals surface area (Å²) in [4.78, 5) is 28.1. The molecule has 0 aliphatic rings. The summed E-state index contributed by atoms with van der Waals surface area (Å²) >= 11 is 1.30. The van der Waals surface area contributed by atoms with E-state index in [1.54, 1.807) is 21.0 Å². The molecule has 0 aliphatic heterocycles. The van der Waals surface area contributed by atoms with Gasteiger partial charge in [-0.15, -0.1) is 11.3 Å². The second-order valence-electron chi connectivity index (χ2n) is 3.29. The maximum Gasteiger partial charge on any atom is 0.275 e. The van der Waals surface area contributed by atoms with Gasteiger partial charge in [0.25, 0.3) is 5.91 Å². The summed E-state index contributed by atoms with van der Waals surface area (Å²) in [5.41, 5.74) is 0.303. The van der Waals surface area contributed by atoms with Crippen LogP contribution in [0.2, 0.25) is 0 Å². The first kappa shape index (κ1) is 11.6. The summed E-state index contributed by atoms with van der Waals surface area (Å²) in [6.07, 6.45) is 0. The molecule has 0 atom stereocenters. The largest absolute Gasteiger partial charge is 0.343 e. The zero-order valence-corrected chi connectivity index (χ0v) is 9.94. The molecule has 0 radical (unpaired) electrons. The first-order valence-electron chi connectivity index (χ1n) is 4.38. The van der Waals surface area contributed by atoms with Crippen molar-refractivity contribution in [1.29, 1.82) is 0 Å². The van der Waals surface area contributed by atoms with Crippen molar-refractivity contribution in [3.63, 3.8) is 0 Å². The highest BCUT2D eigenvalue weighted by atomic mass is 32.1. The van der Waals surface area contributed by atoms with Crippen LogP contribution >= 0.6 is 11.3 Å². The lowest BCUT2D eigenvalue weighted by Gasteiger charge is -2.09. The number of anilines is 1. The van der Waals surface area contributed by atoms with Gasteiger partial charge in [-0.25, -0.2) is 4.98 Å². The lowest BCUT2D eigenvalue weighted by atomic mass is 10.4. The average Bonchev–Trinajstić information content (AvgIpc) is 2.44. The Balaban J connectivity index is 3.06. The Bertz CT molecular complexity index is 398. The van der Waals surface area contributed by atoms with Gasteiger partial charge < -0.3 is 10.2 Å². The van der Waals surface area contributed by atoms with Crippen LogP contribution < -0.4 is 5.32 Å². The highest BCUT2D eigenvalue weighted by molar-refractivity contribution is 7.16. The van der Waals surface area contributed by atoms with Crippen LogP contribution in [0.1, 0.15) is 22.4 Å². The van der Waals surface area contributed by atoms with Crippen LogP contribution in [0.3, 0.4) is 0 Å². The maximum absolute atomic E-state index is 11.7. The predicted octanol–water partition coefficient (Wildman–Crippen LogP) is 1.11. The predicted molar refractivity (Wildman–Crippen MR) is 59.2 cm³/mol. The number of carbonyl (C=O) groups is 2. The molecule has 0 unspecified atom stereocenters. The smallest absolute Gasteiger partial charge is 0.275 e. The molecule has 1 aromatic rings. The Morgan fingerprint density at radius 1 is 1.40 bits per heavy atom. The van der Waals surface area contributed by atoms with Crippen molar-refractivity contribution in [3.8, 4) is 0 Å². The van der Waals surface area contributed by atoms with Crippen molar-refractivity contribution < 1.29 is 9.59 Å². The molecule has 1 rings (SSSR count). The molecular formula is C9H13N3O2S. The van der Waals surface area contributed by atoms with Crippen molar-refractivity contribution >= 4 is 28.2 Å². The molecule has 0 aromatic carbocycles. The van der Waals surface area contributed by atoms with Crippen LogP contribution in [0.25, 0.3) is 0 Å². The molecule has 0 fully saturated rings. The van der Waals surface area contributed by atoms with Gasteiger partial charge in [0, 0.05) is 21.0 Å². The molecule has 0 spiro atoms. The maximum atomic E-state index is 11.7. The number of aryl methyl sites for hydroxylation is 1. The fourth-order valence-corrected chi connectivity index (χ4v) is 1.89. The van der Waals surface area contributed by atoms with E-state index >= 15 is 0 Å². The van der Waals surface area contributed by atoms with E-state index in [-0.39, 0.29) is 11.8 Å². The minimum atomic E-state index is -0.205. The minimum absolute atomic E-state index is 0.202. The van der Waals surface area contributed by atoms with Gasteiger partial charge in [0.05, 0.1) is 5.01 Å². The third-order valence-corrected chi connectivity index (χ3v) is 2.52. The molecule has 1 heterocycles. The van der Waals surface area contributed by atoms with Crippen molar-refractivity contribution in [3.05, 3.63) is 10.7 Å². The third-order valence-electron chi connectivity index (χ3n) is 1.63. The molecule has 0 saturated heterocycles. The molecule has 82 valence electrons. The Morgan fingerprint density at radius 2 is 2.00 bits per heavy atom. The van der Waals surface area contributed by atoms with Crippen LogP contribution in [-0.4, -0.2) is 35.8 Å². The monoisotopic (exact) mass is 227 g/mol. The molecule has 1 N–H and O–H groups in total. The first-order valence-corrected chi connectivity index (χ1v) is 5.20. The molecule has 15 heavy (non-hydrogen) atoms. The third kappa shape index (κ3) is 2.76. The zero-order valence-electron chi connectivity index (χ0n) is 9.12. The minimum Gasteiger partial charge on any atom is -0.343 e. The molecule has 2 amide bonds. The molecule has 6 heteroatoms. The normalized spacial score (nSPS) is 9.87. The molecule has 1 aromatic heterocycles. The number of thiazole rings is 1. The van der Waals surface area contributed by atoms with Crippen LogP contribution in [0, 0.1) is 6.92 Å². The Labute approximate surface area is 92.1 Å². The van der Waals surface area contributed by atoms with Crippen molar-refractivity contribution in [2.75, 3.05) is 19.4 Å². The standard InChI is InChI=1S/C9H13N3O2S/c1-5(13)10-8-7(9(14)12(3)4)11-6(2)15-8/h1-4H3,(H,10,13). The number of carbonyl (C=O) groups excluding carboxylic acids is 2. The van der Waals surface area contributed by atoms with E-state index in [1.165, 1.54) is 23.2 Å². The summed E-state index contributed by atoms with van der Waals surface area (Å²) < 4.78 is 0. The number of aromatic nitrogens is 1. The van der Waals surface area contributed by atoms with Gasteiger partial charge in [-0.1, -0.05) is 0 Å². The number of nitrogens with zero attached hydrogens (tertiary/aromatic N) is 2. The number of amides is 2. The highest BCUT2D eigenvalue weighted by Crippen LogP contribution is 2.24. The number of rotatable bonds is 2. The van der Waals surface area contributed by atoms with E-state index < -0.39 is 0 Å².